The first-order chi connectivity index (χ1) is 12.7. The van der Waals surface area contributed by atoms with Gasteiger partial charge in [-0.05, 0) is 30.9 Å². The molecular weight excluding hydrogens is 342 g/mol. The molecule has 26 heavy (non-hydrogen) atoms. The second kappa shape index (κ2) is 9.03. The molecule has 1 aromatic heterocycles. The standard InChI is InChI=1S/C20H29N5S/c1-16-8-4-5-9-17(16)14-24(3)19(21-2)22-11-10-18-15-26-20(23-18)25-12-6-7-13-25/h4-5,8-9,15H,6-7,10-14H2,1-3H3,(H,21,22). The van der Waals surface area contributed by atoms with Crippen molar-refractivity contribution in [3.8, 4) is 0 Å². The lowest BCUT2D eigenvalue weighted by Gasteiger charge is -2.23. The summed E-state index contributed by atoms with van der Waals surface area (Å²) in [6, 6.07) is 8.50. The van der Waals surface area contributed by atoms with Crippen LogP contribution in [-0.2, 0) is 13.0 Å². The van der Waals surface area contributed by atoms with Crippen molar-refractivity contribution in [3.05, 3.63) is 46.5 Å². The number of hydrogen-bond acceptors (Lipinski definition) is 4. The predicted octanol–water partition coefficient (Wildman–Crippen LogP) is 3.30. The average molecular weight is 372 g/mol. The Balaban J connectivity index is 1.49. The monoisotopic (exact) mass is 371 g/mol. The molecule has 2 aromatic rings. The van der Waals surface area contributed by atoms with Crippen LogP contribution in [0.3, 0.4) is 0 Å². The maximum atomic E-state index is 4.79. The number of hydrogen-bond donors (Lipinski definition) is 1. The van der Waals surface area contributed by atoms with Crippen LogP contribution in [0.5, 0.6) is 0 Å². The molecule has 0 bridgehead atoms. The molecule has 0 aliphatic carbocycles. The van der Waals surface area contributed by atoms with E-state index >= 15 is 0 Å². The Morgan fingerprint density at radius 1 is 1.31 bits per heavy atom. The van der Waals surface area contributed by atoms with Crippen LogP contribution in [0.2, 0.25) is 0 Å². The van der Waals surface area contributed by atoms with Gasteiger partial charge in [0.25, 0.3) is 0 Å². The van der Waals surface area contributed by atoms with Crippen molar-refractivity contribution in [1.29, 1.82) is 0 Å². The highest BCUT2D eigenvalue weighted by atomic mass is 32.1. The molecule has 0 saturated carbocycles. The van der Waals surface area contributed by atoms with Gasteiger partial charge in [-0.3, -0.25) is 4.99 Å². The molecule has 0 unspecified atom stereocenters. The van der Waals surface area contributed by atoms with E-state index in [1.807, 2.05) is 7.05 Å². The third kappa shape index (κ3) is 4.75. The Kier molecular flexibility index (Phi) is 6.50. The molecule has 1 N–H and O–H groups in total. The van der Waals surface area contributed by atoms with Gasteiger partial charge in [0.15, 0.2) is 11.1 Å². The van der Waals surface area contributed by atoms with Gasteiger partial charge in [-0.25, -0.2) is 4.98 Å². The molecule has 0 spiro atoms. The number of aromatic nitrogens is 1. The first kappa shape index (κ1) is 18.7. The quantitative estimate of drug-likeness (QED) is 0.625. The highest BCUT2D eigenvalue weighted by molar-refractivity contribution is 7.13. The Morgan fingerprint density at radius 3 is 2.81 bits per heavy atom. The van der Waals surface area contributed by atoms with Gasteiger partial charge in [0.2, 0.25) is 0 Å². The number of benzene rings is 1. The van der Waals surface area contributed by atoms with Crippen LogP contribution in [0.1, 0.15) is 29.7 Å². The summed E-state index contributed by atoms with van der Waals surface area (Å²) >= 11 is 1.77. The summed E-state index contributed by atoms with van der Waals surface area (Å²) in [6.45, 7) is 6.15. The van der Waals surface area contributed by atoms with Gasteiger partial charge in [-0.1, -0.05) is 24.3 Å². The molecule has 0 amide bonds. The first-order valence-corrected chi connectivity index (χ1v) is 10.2. The fraction of sp³-hybridized carbons (Fsp3) is 0.500. The molecule has 5 nitrogen and oxygen atoms in total. The zero-order valence-electron chi connectivity index (χ0n) is 16.0. The first-order valence-electron chi connectivity index (χ1n) is 9.33. The number of aryl methyl sites for hydroxylation is 1. The normalized spacial score (nSPS) is 14.7. The molecule has 0 atom stereocenters. The minimum Gasteiger partial charge on any atom is -0.356 e. The van der Waals surface area contributed by atoms with Crippen LogP contribution in [0, 0.1) is 6.92 Å². The smallest absolute Gasteiger partial charge is 0.193 e. The molecule has 1 aliphatic rings. The van der Waals surface area contributed by atoms with E-state index in [1.54, 1.807) is 11.3 Å². The van der Waals surface area contributed by atoms with E-state index in [9.17, 15) is 0 Å². The lowest BCUT2D eigenvalue weighted by Crippen LogP contribution is -2.39. The fourth-order valence-electron chi connectivity index (χ4n) is 3.27. The maximum Gasteiger partial charge on any atom is 0.193 e. The van der Waals surface area contributed by atoms with Gasteiger partial charge in [0.1, 0.15) is 0 Å². The van der Waals surface area contributed by atoms with Gasteiger partial charge < -0.3 is 15.1 Å². The molecule has 1 aromatic carbocycles. The van der Waals surface area contributed by atoms with E-state index in [0.717, 1.165) is 38.6 Å². The molecule has 2 heterocycles. The zero-order valence-corrected chi connectivity index (χ0v) is 16.9. The Bertz CT molecular complexity index is 733. The van der Waals surface area contributed by atoms with E-state index in [-0.39, 0.29) is 0 Å². The highest BCUT2D eigenvalue weighted by Gasteiger charge is 2.15. The number of thiazole rings is 1. The summed E-state index contributed by atoms with van der Waals surface area (Å²) in [5.74, 6) is 0.920. The second-order valence-electron chi connectivity index (χ2n) is 6.82. The van der Waals surface area contributed by atoms with Crippen LogP contribution in [0.4, 0.5) is 5.13 Å². The lowest BCUT2D eigenvalue weighted by molar-refractivity contribution is 0.476. The molecular formula is C20H29N5S. The number of nitrogens with one attached hydrogen (secondary N) is 1. The highest BCUT2D eigenvalue weighted by Crippen LogP contribution is 2.24. The SMILES string of the molecule is CN=C(NCCc1csc(N2CCCC2)n1)N(C)Cc1ccccc1C. The van der Waals surface area contributed by atoms with Crippen LogP contribution >= 0.6 is 11.3 Å². The number of anilines is 1. The molecule has 6 heteroatoms. The summed E-state index contributed by atoms with van der Waals surface area (Å²) in [6.07, 6.45) is 3.50. The number of rotatable bonds is 6. The Hall–Kier alpha value is -2.08. The third-order valence-corrected chi connectivity index (χ3v) is 5.77. The van der Waals surface area contributed by atoms with Gasteiger partial charge in [0, 0.05) is 52.1 Å². The lowest BCUT2D eigenvalue weighted by atomic mass is 10.1. The van der Waals surface area contributed by atoms with Crippen LogP contribution in [0.15, 0.2) is 34.6 Å². The van der Waals surface area contributed by atoms with Crippen LogP contribution < -0.4 is 10.2 Å². The summed E-state index contributed by atoms with van der Waals surface area (Å²) in [4.78, 5) is 13.8. The topological polar surface area (TPSA) is 43.8 Å². The van der Waals surface area contributed by atoms with Gasteiger partial charge in [-0.15, -0.1) is 11.3 Å². The van der Waals surface area contributed by atoms with Crippen LogP contribution in [-0.4, -0.2) is 49.6 Å². The molecule has 1 fully saturated rings. The zero-order chi connectivity index (χ0) is 18.4. The van der Waals surface area contributed by atoms with E-state index < -0.39 is 0 Å². The fourth-order valence-corrected chi connectivity index (χ4v) is 4.18. The molecule has 1 saturated heterocycles. The molecule has 1 aliphatic heterocycles. The molecule has 140 valence electrons. The van der Waals surface area contributed by atoms with Gasteiger partial charge in [0.05, 0.1) is 5.69 Å². The van der Waals surface area contributed by atoms with Crippen molar-refractivity contribution >= 4 is 22.4 Å². The Morgan fingerprint density at radius 2 is 2.08 bits per heavy atom. The van der Waals surface area contributed by atoms with Gasteiger partial charge in [-0.2, -0.15) is 0 Å². The second-order valence-corrected chi connectivity index (χ2v) is 7.66. The van der Waals surface area contributed by atoms with Crippen molar-refractivity contribution in [2.75, 3.05) is 38.6 Å². The van der Waals surface area contributed by atoms with Crippen molar-refractivity contribution in [2.24, 2.45) is 4.99 Å². The van der Waals surface area contributed by atoms with Crippen molar-refractivity contribution in [1.82, 2.24) is 15.2 Å². The number of nitrogens with zero attached hydrogens (tertiary/aromatic N) is 4. The Labute approximate surface area is 160 Å². The van der Waals surface area contributed by atoms with E-state index in [1.165, 1.54) is 34.8 Å². The van der Waals surface area contributed by atoms with Gasteiger partial charge >= 0.3 is 0 Å². The molecule has 3 rings (SSSR count). The summed E-state index contributed by atoms with van der Waals surface area (Å²) in [5, 5.41) is 6.83. The number of aliphatic imine (C=N–C) groups is 1. The largest absolute Gasteiger partial charge is 0.356 e. The summed E-state index contributed by atoms with van der Waals surface area (Å²) in [5.41, 5.74) is 3.81. The summed E-state index contributed by atoms with van der Waals surface area (Å²) < 4.78 is 0. The average Bonchev–Trinajstić information content (AvgIpc) is 3.32. The van der Waals surface area contributed by atoms with E-state index in [0.29, 0.717) is 0 Å². The molecule has 0 radical (unpaired) electrons. The van der Waals surface area contributed by atoms with Crippen molar-refractivity contribution < 1.29 is 0 Å². The van der Waals surface area contributed by atoms with E-state index in [2.05, 4.69) is 63.7 Å². The van der Waals surface area contributed by atoms with Crippen molar-refractivity contribution in [3.63, 3.8) is 0 Å². The number of guanidine groups is 1. The van der Waals surface area contributed by atoms with E-state index in [4.69, 9.17) is 4.98 Å². The predicted molar refractivity (Wildman–Crippen MR) is 111 cm³/mol. The third-order valence-electron chi connectivity index (χ3n) is 4.82. The maximum absolute atomic E-state index is 4.79. The van der Waals surface area contributed by atoms with Crippen molar-refractivity contribution in [2.45, 2.75) is 32.7 Å². The minimum absolute atomic E-state index is 0.841. The minimum atomic E-state index is 0.841. The summed E-state index contributed by atoms with van der Waals surface area (Å²) in [7, 11) is 3.92. The van der Waals surface area contributed by atoms with Crippen LogP contribution in [0.25, 0.3) is 0 Å².